The molecule has 0 saturated heterocycles. The molecular formula is C13H14ClFN4. The van der Waals surface area contributed by atoms with Gasteiger partial charge in [-0.3, -0.25) is 11.3 Å². The minimum Gasteiger partial charge on any atom is -0.271 e. The van der Waals surface area contributed by atoms with Crippen molar-refractivity contribution >= 4 is 11.6 Å². The minimum atomic E-state index is -0.430. The highest BCUT2D eigenvalue weighted by Crippen LogP contribution is 2.20. The first-order chi connectivity index (χ1) is 9.10. The summed E-state index contributed by atoms with van der Waals surface area (Å²) in [5, 5.41) is 0.104. The molecule has 2 aromatic rings. The fourth-order valence-electron chi connectivity index (χ4n) is 1.82. The van der Waals surface area contributed by atoms with Crippen molar-refractivity contribution in [1.29, 1.82) is 0 Å². The third-order valence-corrected chi connectivity index (χ3v) is 3.07. The van der Waals surface area contributed by atoms with E-state index in [9.17, 15) is 4.39 Å². The summed E-state index contributed by atoms with van der Waals surface area (Å²) >= 11 is 5.76. The standard InChI is InChI=1S/C13H14ClFN4/c1-8-17-5-4-12(18-8)13(19-16)7-9-2-3-11(15)10(14)6-9/h2-6,13,19H,7,16H2,1H3. The van der Waals surface area contributed by atoms with E-state index >= 15 is 0 Å². The average molecular weight is 281 g/mol. The summed E-state index contributed by atoms with van der Waals surface area (Å²) < 4.78 is 13.1. The summed E-state index contributed by atoms with van der Waals surface area (Å²) in [7, 11) is 0. The molecular weight excluding hydrogens is 267 g/mol. The molecule has 0 saturated carbocycles. The van der Waals surface area contributed by atoms with E-state index in [-0.39, 0.29) is 11.1 Å². The number of hydrogen-bond acceptors (Lipinski definition) is 4. The Morgan fingerprint density at radius 2 is 2.21 bits per heavy atom. The van der Waals surface area contributed by atoms with Crippen molar-refractivity contribution in [3.8, 4) is 0 Å². The quantitative estimate of drug-likeness (QED) is 0.666. The summed E-state index contributed by atoms with van der Waals surface area (Å²) in [5.74, 6) is 5.80. The molecule has 0 aliphatic rings. The van der Waals surface area contributed by atoms with Gasteiger partial charge in [-0.25, -0.2) is 14.4 Å². The maximum Gasteiger partial charge on any atom is 0.141 e. The van der Waals surface area contributed by atoms with Crippen LogP contribution in [0.3, 0.4) is 0 Å². The lowest BCUT2D eigenvalue weighted by Gasteiger charge is -2.15. The zero-order valence-corrected chi connectivity index (χ0v) is 11.2. The highest BCUT2D eigenvalue weighted by atomic mass is 35.5. The zero-order chi connectivity index (χ0) is 13.8. The fourth-order valence-corrected chi connectivity index (χ4v) is 2.02. The largest absolute Gasteiger partial charge is 0.271 e. The normalized spacial score (nSPS) is 12.4. The Hall–Kier alpha value is -1.56. The molecule has 4 nitrogen and oxygen atoms in total. The molecule has 1 atom stereocenters. The highest BCUT2D eigenvalue weighted by Gasteiger charge is 2.13. The Morgan fingerprint density at radius 1 is 1.42 bits per heavy atom. The number of aryl methyl sites for hydroxylation is 1. The number of aromatic nitrogens is 2. The van der Waals surface area contributed by atoms with Crippen molar-refractivity contribution in [2.45, 2.75) is 19.4 Å². The molecule has 0 aliphatic heterocycles. The molecule has 1 aromatic carbocycles. The van der Waals surface area contributed by atoms with Crippen molar-refractivity contribution in [3.63, 3.8) is 0 Å². The molecule has 1 heterocycles. The summed E-state index contributed by atoms with van der Waals surface area (Å²) in [6, 6.07) is 6.23. The molecule has 2 rings (SSSR count). The summed E-state index contributed by atoms with van der Waals surface area (Å²) in [6.07, 6.45) is 2.24. The molecule has 0 bridgehead atoms. The lowest BCUT2D eigenvalue weighted by atomic mass is 10.0. The van der Waals surface area contributed by atoms with Crippen LogP contribution in [0.2, 0.25) is 5.02 Å². The van der Waals surface area contributed by atoms with Gasteiger partial charge in [0, 0.05) is 6.20 Å². The predicted molar refractivity (Wildman–Crippen MR) is 71.9 cm³/mol. The van der Waals surface area contributed by atoms with Crippen molar-refractivity contribution in [1.82, 2.24) is 15.4 Å². The monoisotopic (exact) mass is 280 g/mol. The van der Waals surface area contributed by atoms with Crippen LogP contribution in [0.5, 0.6) is 0 Å². The van der Waals surface area contributed by atoms with Gasteiger partial charge < -0.3 is 0 Å². The molecule has 6 heteroatoms. The van der Waals surface area contributed by atoms with E-state index in [1.807, 2.05) is 6.92 Å². The van der Waals surface area contributed by atoms with Gasteiger partial charge >= 0.3 is 0 Å². The lowest BCUT2D eigenvalue weighted by Crippen LogP contribution is -2.30. The molecule has 100 valence electrons. The number of nitrogens with one attached hydrogen (secondary N) is 1. The van der Waals surface area contributed by atoms with Crippen molar-refractivity contribution in [2.24, 2.45) is 5.84 Å². The molecule has 3 N–H and O–H groups in total. The number of rotatable bonds is 4. The molecule has 0 amide bonds. The van der Waals surface area contributed by atoms with E-state index in [0.29, 0.717) is 12.2 Å². The van der Waals surface area contributed by atoms with Crippen LogP contribution in [0.25, 0.3) is 0 Å². The number of nitrogens with zero attached hydrogens (tertiary/aromatic N) is 2. The fraction of sp³-hybridized carbons (Fsp3) is 0.231. The summed E-state index contributed by atoms with van der Waals surface area (Å²) in [6.45, 7) is 1.81. The van der Waals surface area contributed by atoms with Crippen molar-refractivity contribution < 1.29 is 4.39 Å². The van der Waals surface area contributed by atoms with Crippen molar-refractivity contribution in [2.75, 3.05) is 0 Å². The van der Waals surface area contributed by atoms with Crippen LogP contribution < -0.4 is 11.3 Å². The highest BCUT2D eigenvalue weighted by molar-refractivity contribution is 6.30. The first kappa shape index (κ1) is 13.9. The maximum absolute atomic E-state index is 13.1. The van der Waals surface area contributed by atoms with Gasteiger partial charge in [0.05, 0.1) is 16.8 Å². The van der Waals surface area contributed by atoms with Crippen LogP contribution in [-0.2, 0) is 6.42 Å². The molecule has 1 aromatic heterocycles. The van der Waals surface area contributed by atoms with E-state index in [2.05, 4.69) is 15.4 Å². The predicted octanol–water partition coefficient (Wildman–Crippen LogP) is 2.32. The zero-order valence-electron chi connectivity index (χ0n) is 10.4. The van der Waals surface area contributed by atoms with Crippen LogP contribution in [0.4, 0.5) is 4.39 Å². The van der Waals surface area contributed by atoms with Crippen LogP contribution in [0.15, 0.2) is 30.5 Å². The Balaban J connectivity index is 2.21. The number of benzene rings is 1. The molecule has 0 aliphatic carbocycles. The molecule has 1 unspecified atom stereocenters. The second-order valence-electron chi connectivity index (χ2n) is 4.20. The lowest BCUT2D eigenvalue weighted by molar-refractivity contribution is 0.534. The number of halogens is 2. The number of nitrogens with two attached hydrogens (primary N) is 1. The van der Waals surface area contributed by atoms with Gasteiger partial charge in [-0.05, 0) is 37.1 Å². The maximum atomic E-state index is 13.1. The number of hydrogen-bond donors (Lipinski definition) is 2. The summed E-state index contributed by atoms with van der Waals surface area (Å²) in [4.78, 5) is 8.36. The Morgan fingerprint density at radius 3 is 2.84 bits per heavy atom. The van der Waals surface area contributed by atoms with Crippen LogP contribution in [0.1, 0.15) is 23.1 Å². The van der Waals surface area contributed by atoms with Gasteiger partial charge in [-0.2, -0.15) is 0 Å². The Labute approximate surface area is 115 Å². The topological polar surface area (TPSA) is 63.8 Å². The molecule has 0 fully saturated rings. The summed E-state index contributed by atoms with van der Waals surface area (Å²) in [5.41, 5.74) is 4.37. The van der Waals surface area contributed by atoms with E-state index in [0.717, 1.165) is 11.3 Å². The number of hydrazine groups is 1. The second-order valence-corrected chi connectivity index (χ2v) is 4.61. The molecule has 19 heavy (non-hydrogen) atoms. The first-order valence-electron chi connectivity index (χ1n) is 5.79. The van der Waals surface area contributed by atoms with Crippen molar-refractivity contribution in [3.05, 3.63) is 58.4 Å². The van der Waals surface area contributed by atoms with Crippen LogP contribution in [0, 0.1) is 12.7 Å². The van der Waals surface area contributed by atoms with Crippen LogP contribution >= 0.6 is 11.6 Å². The molecule has 0 radical (unpaired) electrons. The van der Waals surface area contributed by atoms with Gasteiger partial charge in [0.1, 0.15) is 11.6 Å². The van der Waals surface area contributed by atoms with Gasteiger partial charge in [0.25, 0.3) is 0 Å². The average Bonchev–Trinajstić information content (AvgIpc) is 2.40. The minimum absolute atomic E-state index is 0.104. The Bertz CT molecular complexity index is 576. The van der Waals surface area contributed by atoms with E-state index in [1.165, 1.54) is 6.07 Å². The van der Waals surface area contributed by atoms with Gasteiger partial charge in [-0.15, -0.1) is 0 Å². The molecule has 0 spiro atoms. The SMILES string of the molecule is Cc1nccc(C(Cc2ccc(F)c(Cl)c2)NN)n1. The van der Waals surface area contributed by atoms with Gasteiger partial charge in [0.15, 0.2) is 0 Å². The van der Waals surface area contributed by atoms with Gasteiger partial charge in [-0.1, -0.05) is 17.7 Å². The van der Waals surface area contributed by atoms with E-state index in [4.69, 9.17) is 17.4 Å². The van der Waals surface area contributed by atoms with Gasteiger partial charge in [0.2, 0.25) is 0 Å². The van der Waals surface area contributed by atoms with E-state index in [1.54, 1.807) is 24.4 Å². The Kier molecular flexibility index (Phi) is 4.42. The second kappa shape index (κ2) is 6.06. The smallest absolute Gasteiger partial charge is 0.141 e. The first-order valence-corrected chi connectivity index (χ1v) is 6.17. The third-order valence-electron chi connectivity index (χ3n) is 2.78. The third kappa shape index (κ3) is 3.47. The van der Waals surface area contributed by atoms with Crippen LogP contribution in [-0.4, -0.2) is 9.97 Å². The van der Waals surface area contributed by atoms with E-state index < -0.39 is 5.82 Å².